The lowest BCUT2D eigenvalue weighted by Crippen LogP contribution is -2.38. The van der Waals surface area contributed by atoms with Crippen molar-refractivity contribution in [3.05, 3.63) is 39.4 Å². The standard InChI is InChI=1S/C16H18BrN3O2S/c17-11-1-2-14-13(9-11)16(22)20(10-18-14)6-3-15(21)19-12-4-7-23-8-5-12/h1-2,9-10,12H,3-8H2,(H,19,21). The maximum Gasteiger partial charge on any atom is 0.261 e. The Morgan fingerprint density at radius 1 is 1.39 bits per heavy atom. The molecule has 0 spiro atoms. The molecule has 0 aliphatic carbocycles. The monoisotopic (exact) mass is 395 g/mol. The molecule has 2 heterocycles. The molecule has 0 atom stereocenters. The number of nitrogens with one attached hydrogen (secondary N) is 1. The lowest BCUT2D eigenvalue weighted by molar-refractivity contribution is -0.122. The number of nitrogens with zero attached hydrogens (tertiary/aromatic N) is 2. The van der Waals surface area contributed by atoms with E-state index in [1.54, 1.807) is 12.1 Å². The molecule has 1 N–H and O–H groups in total. The van der Waals surface area contributed by atoms with Gasteiger partial charge in [-0.2, -0.15) is 11.8 Å². The first-order valence-corrected chi connectivity index (χ1v) is 9.60. The topological polar surface area (TPSA) is 64.0 Å². The van der Waals surface area contributed by atoms with E-state index in [0.717, 1.165) is 28.8 Å². The van der Waals surface area contributed by atoms with Gasteiger partial charge in [0.25, 0.3) is 5.56 Å². The van der Waals surface area contributed by atoms with Gasteiger partial charge in [0.2, 0.25) is 5.91 Å². The highest BCUT2D eigenvalue weighted by Crippen LogP contribution is 2.17. The molecule has 1 saturated heterocycles. The van der Waals surface area contributed by atoms with Crippen LogP contribution < -0.4 is 10.9 Å². The van der Waals surface area contributed by atoms with Crippen molar-refractivity contribution in [3.8, 4) is 0 Å². The fourth-order valence-corrected chi connectivity index (χ4v) is 4.12. The van der Waals surface area contributed by atoms with Crippen LogP contribution in [0.5, 0.6) is 0 Å². The van der Waals surface area contributed by atoms with E-state index in [1.807, 2.05) is 17.8 Å². The van der Waals surface area contributed by atoms with E-state index in [-0.39, 0.29) is 17.5 Å². The van der Waals surface area contributed by atoms with Gasteiger partial charge in [-0.05, 0) is 42.5 Å². The van der Waals surface area contributed by atoms with E-state index in [1.165, 1.54) is 10.9 Å². The van der Waals surface area contributed by atoms with Crippen molar-refractivity contribution in [2.24, 2.45) is 0 Å². The molecule has 1 aromatic heterocycles. The van der Waals surface area contributed by atoms with Crippen molar-refractivity contribution in [2.75, 3.05) is 11.5 Å². The van der Waals surface area contributed by atoms with Gasteiger partial charge in [0, 0.05) is 23.5 Å². The fourth-order valence-electron chi connectivity index (χ4n) is 2.65. The maximum atomic E-state index is 12.5. The van der Waals surface area contributed by atoms with E-state index in [2.05, 4.69) is 26.2 Å². The highest BCUT2D eigenvalue weighted by Gasteiger charge is 2.16. The van der Waals surface area contributed by atoms with Gasteiger partial charge in [-0.1, -0.05) is 15.9 Å². The average Bonchev–Trinajstić information content (AvgIpc) is 2.56. The summed E-state index contributed by atoms with van der Waals surface area (Å²) in [6, 6.07) is 5.71. The molecule has 0 radical (unpaired) electrons. The Morgan fingerprint density at radius 3 is 2.96 bits per heavy atom. The van der Waals surface area contributed by atoms with Gasteiger partial charge in [-0.25, -0.2) is 4.98 Å². The summed E-state index contributed by atoms with van der Waals surface area (Å²) < 4.78 is 2.35. The number of hydrogen-bond acceptors (Lipinski definition) is 4. The van der Waals surface area contributed by atoms with E-state index < -0.39 is 0 Å². The number of benzene rings is 1. The molecule has 3 rings (SSSR count). The van der Waals surface area contributed by atoms with E-state index >= 15 is 0 Å². The summed E-state index contributed by atoms with van der Waals surface area (Å²) in [5.74, 6) is 2.21. The van der Waals surface area contributed by atoms with Gasteiger partial charge in [0.15, 0.2) is 0 Å². The van der Waals surface area contributed by atoms with Crippen LogP contribution in [0.15, 0.2) is 33.8 Å². The quantitative estimate of drug-likeness (QED) is 0.863. The highest BCUT2D eigenvalue weighted by molar-refractivity contribution is 9.10. The van der Waals surface area contributed by atoms with Crippen LogP contribution in [0.1, 0.15) is 19.3 Å². The molecule has 0 unspecified atom stereocenters. The zero-order chi connectivity index (χ0) is 16.2. The number of fused-ring (bicyclic) bond motifs is 1. The maximum absolute atomic E-state index is 12.5. The van der Waals surface area contributed by atoms with Crippen molar-refractivity contribution < 1.29 is 4.79 Å². The minimum atomic E-state index is -0.113. The van der Waals surface area contributed by atoms with Crippen LogP contribution in [-0.4, -0.2) is 33.0 Å². The zero-order valence-corrected chi connectivity index (χ0v) is 15.0. The van der Waals surface area contributed by atoms with Gasteiger partial charge >= 0.3 is 0 Å². The van der Waals surface area contributed by atoms with Gasteiger partial charge in [0.05, 0.1) is 17.2 Å². The van der Waals surface area contributed by atoms with Crippen LogP contribution in [0.4, 0.5) is 0 Å². The Labute approximate surface area is 147 Å². The Bertz CT molecular complexity index is 771. The SMILES string of the molecule is O=C(CCn1cnc2ccc(Br)cc2c1=O)NC1CCSCC1. The Balaban J connectivity index is 1.65. The molecule has 122 valence electrons. The summed E-state index contributed by atoms with van der Waals surface area (Å²) in [4.78, 5) is 28.8. The minimum Gasteiger partial charge on any atom is -0.353 e. The first-order valence-electron chi connectivity index (χ1n) is 7.65. The predicted molar refractivity (Wildman–Crippen MR) is 96.8 cm³/mol. The number of halogens is 1. The number of rotatable bonds is 4. The number of thioether (sulfide) groups is 1. The molecule has 5 nitrogen and oxygen atoms in total. The summed E-state index contributed by atoms with van der Waals surface area (Å²) >= 11 is 5.30. The molecule has 7 heteroatoms. The second-order valence-electron chi connectivity index (χ2n) is 5.61. The normalized spacial score (nSPS) is 15.7. The van der Waals surface area contributed by atoms with Crippen LogP contribution in [0.3, 0.4) is 0 Å². The summed E-state index contributed by atoms with van der Waals surface area (Å²) in [5.41, 5.74) is 0.553. The van der Waals surface area contributed by atoms with Gasteiger partial charge < -0.3 is 5.32 Å². The van der Waals surface area contributed by atoms with Crippen LogP contribution in [0.25, 0.3) is 10.9 Å². The third-order valence-electron chi connectivity index (χ3n) is 3.95. The number of aryl methyl sites for hydroxylation is 1. The molecule has 1 fully saturated rings. The molecule has 1 amide bonds. The molecule has 1 aliphatic heterocycles. The van der Waals surface area contributed by atoms with Crippen LogP contribution in [0, 0.1) is 0 Å². The minimum absolute atomic E-state index is 0.00291. The number of aromatic nitrogens is 2. The first kappa shape index (κ1) is 16.5. The van der Waals surface area contributed by atoms with Crippen LogP contribution in [0.2, 0.25) is 0 Å². The van der Waals surface area contributed by atoms with E-state index in [0.29, 0.717) is 23.9 Å². The summed E-state index contributed by atoms with van der Waals surface area (Å²) in [7, 11) is 0. The third kappa shape index (κ3) is 4.14. The number of carbonyl (C=O) groups excluding carboxylic acids is 1. The molecule has 0 saturated carbocycles. The van der Waals surface area contributed by atoms with Crippen molar-refractivity contribution >= 4 is 44.5 Å². The van der Waals surface area contributed by atoms with Crippen LogP contribution in [-0.2, 0) is 11.3 Å². The number of amides is 1. The van der Waals surface area contributed by atoms with Gasteiger partial charge in [-0.3, -0.25) is 14.2 Å². The predicted octanol–water partition coefficient (Wildman–Crippen LogP) is 2.56. The summed E-state index contributed by atoms with van der Waals surface area (Å²) in [6.07, 6.45) is 3.87. The highest BCUT2D eigenvalue weighted by atomic mass is 79.9. The largest absolute Gasteiger partial charge is 0.353 e. The lowest BCUT2D eigenvalue weighted by Gasteiger charge is -2.22. The molecule has 1 aromatic carbocycles. The summed E-state index contributed by atoms with van der Waals surface area (Å²) in [6.45, 7) is 0.349. The van der Waals surface area contributed by atoms with Crippen molar-refractivity contribution in [3.63, 3.8) is 0 Å². The van der Waals surface area contributed by atoms with E-state index in [4.69, 9.17) is 0 Å². The first-order chi connectivity index (χ1) is 11.1. The smallest absolute Gasteiger partial charge is 0.261 e. The van der Waals surface area contributed by atoms with Crippen molar-refractivity contribution in [1.29, 1.82) is 0 Å². The summed E-state index contributed by atoms with van der Waals surface area (Å²) in [5, 5.41) is 3.62. The second kappa shape index (κ2) is 7.49. The second-order valence-corrected chi connectivity index (χ2v) is 7.75. The van der Waals surface area contributed by atoms with Gasteiger partial charge in [0.1, 0.15) is 0 Å². The van der Waals surface area contributed by atoms with Crippen LogP contribution >= 0.6 is 27.7 Å². The van der Waals surface area contributed by atoms with Gasteiger partial charge in [-0.15, -0.1) is 0 Å². The molecule has 0 bridgehead atoms. The fraction of sp³-hybridized carbons (Fsp3) is 0.438. The molecule has 2 aromatic rings. The third-order valence-corrected chi connectivity index (χ3v) is 5.49. The Kier molecular flexibility index (Phi) is 5.38. The number of hydrogen-bond donors (Lipinski definition) is 1. The average molecular weight is 396 g/mol. The van der Waals surface area contributed by atoms with Crippen molar-refractivity contribution in [1.82, 2.24) is 14.9 Å². The lowest BCUT2D eigenvalue weighted by atomic mass is 10.1. The molecule has 23 heavy (non-hydrogen) atoms. The number of carbonyl (C=O) groups is 1. The molecular formula is C16H18BrN3O2S. The van der Waals surface area contributed by atoms with Crippen molar-refractivity contribution in [2.45, 2.75) is 31.8 Å². The van der Waals surface area contributed by atoms with E-state index in [9.17, 15) is 9.59 Å². The Morgan fingerprint density at radius 2 is 2.17 bits per heavy atom. The molecule has 1 aliphatic rings. The molecular weight excluding hydrogens is 378 g/mol. The zero-order valence-electron chi connectivity index (χ0n) is 12.6. The Hall–Kier alpha value is -1.34.